The fourth-order valence-electron chi connectivity index (χ4n) is 2.21. The quantitative estimate of drug-likeness (QED) is 0.318. The average Bonchev–Trinajstić information content (AvgIpc) is 2.67. The van der Waals surface area contributed by atoms with Gasteiger partial charge >= 0.3 is 0 Å². The number of nitro groups is 1. The van der Waals surface area contributed by atoms with Gasteiger partial charge in [-0.25, -0.2) is 0 Å². The maximum Gasteiger partial charge on any atom is 0.289 e. The van der Waals surface area contributed by atoms with Gasteiger partial charge in [0.05, 0.1) is 24.2 Å². The molecule has 2 aromatic carbocycles. The number of hydrogen-bond donors (Lipinski definition) is 1. The molecule has 10 heteroatoms. The normalized spacial score (nSPS) is 10.8. The lowest BCUT2D eigenvalue weighted by Gasteiger charge is -2.10. The number of amides is 1. The molecule has 0 fully saturated rings. The number of benzene rings is 2. The Bertz CT molecular complexity index is 1020. The van der Waals surface area contributed by atoms with Crippen LogP contribution in [-0.4, -0.2) is 25.1 Å². The van der Waals surface area contributed by atoms with Crippen molar-refractivity contribution in [3.05, 3.63) is 61.6 Å². The first-order valence-corrected chi connectivity index (χ1v) is 8.35. The van der Waals surface area contributed by atoms with E-state index in [-0.39, 0.29) is 27.0 Å². The molecule has 0 radical (unpaired) electrons. The number of nitrogens with zero attached hydrogens (tertiary/aromatic N) is 2. The maximum absolute atomic E-state index is 12.4. The molecule has 144 valence electrons. The molecule has 0 aliphatic rings. The van der Waals surface area contributed by atoms with Gasteiger partial charge in [-0.15, -0.1) is 0 Å². The van der Waals surface area contributed by atoms with Crippen LogP contribution < -0.4 is 14.8 Å². The van der Waals surface area contributed by atoms with Gasteiger partial charge in [0.2, 0.25) is 0 Å². The van der Waals surface area contributed by atoms with Gasteiger partial charge in [0.1, 0.15) is 16.7 Å². The van der Waals surface area contributed by atoms with Gasteiger partial charge in [0.15, 0.2) is 11.5 Å². The Morgan fingerprint density at radius 1 is 1.18 bits per heavy atom. The second-order valence-corrected chi connectivity index (χ2v) is 6.09. The van der Waals surface area contributed by atoms with E-state index in [2.05, 4.69) is 5.32 Å². The zero-order valence-corrected chi connectivity index (χ0v) is 16.2. The van der Waals surface area contributed by atoms with E-state index in [1.807, 2.05) is 0 Å². The number of methoxy groups -OCH3 is 2. The van der Waals surface area contributed by atoms with E-state index in [4.69, 9.17) is 32.7 Å². The summed E-state index contributed by atoms with van der Waals surface area (Å²) in [6, 6.07) is 8.52. The van der Waals surface area contributed by atoms with Crippen molar-refractivity contribution >= 4 is 46.6 Å². The van der Waals surface area contributed by atoms with E-state index in [9.17, 15) is 20.2 Å². The van der Waals surface area contributed by atoms with Crippen LogP contribution in [0.3, 0.4) is 0 Å². The van der Waals surface area contributed by atoms with Crippen LogP contribution in [0.5, 0.6) is 11.5 Å². The van der Waals surface area contributed by atoms with Gasteiger partial charge in [-0.1, -0.05) is 23.2 Å². The molecule has 0 atom stereocenters. The monoisotopic (exact) mass is 421 g/mol. The smallest absolute Gasteiger partial charge is 0.289 e. The molecule has 0 saturated carbocycles. The van der Waals surface area contributed by atoms with Gasteiger partial charge in [0.25, 0.3) is 11.6 Å². The molecule has 0 aliphatic carbocycles. The third kappa shape index (κ3) is 4.71. The van der Waals surface area contributed by atoms with Gasteiger partial charge < -0.3 is 14.8 Å². The summed E-state index contributed by atoms with van der Waals surface area (Å²) in [5, 5.41) is 22.9. The molecule has 1 N–H and O–H groups in total. The summed E-state index contributed by atoms with van der Waals surface area (Å²) in [4.78, 5) is 22.7. The molecule has 8 nitrogen and oxygen atoms in total. The average molecular weight is 422 g/mol. The Morgan fingerprint density at radius 3 is 2.39 bits per heavy atom. The van der Waals surface area contributed by atoms with Gasteiger partial charge in [-0.2, -0.15) is 5.26 Å². The highest BCUT2D eigenvalue weighted by atomic mass is 35.5. The van der Waals surface area contributed by atoms with E-state index in [0.29, 0.717) is 17.1 Å². The van der Waals surface area contributed by atoms with Crippen molar-refractivity contribution in [3.63, 3.8) is 0 Å². The summed E-state index contributed by atoms with van der Waals surface area (Å²) < 4.78 is 10.3. The fraction of sp³-hybridized carbons (Fsp3) is 0.111. The SMILES string of the molecule is COc1cc(Cl)c(/C=C(\C#N)C(=O)Nc2ccc(Cl)c([N+](=O)[O-])c2)cc1OC. The molecule has 2 rings (SSSR count). The molecule has 1 amide bonds. The summed E-state index contributed by atoms with van der Waals surface area (Å²) in [5.74, 6) is -0.0183. The van der Waals surface area contributed by atoms with E-state index >= 15 is 0 Å². The highest BCUT2D eigenvalue weighted by Crippen LogP contribution is 2.34. The molecular weight excluding hydrogens is 409 g/mol. The molecule has 0 saturated heterocycles. The van der Waals surface area contributed by atoms with Crippen LogP contribution in [-0.2, 0) is 4.79 Å². The van der Waals surface area contributed by atoms with Gasteiger partial charge in [-0.05, 0) is 29.8 Å². The number of ether oxygens (including phenoxy) is 2. The number of hydrogen-bond acceptors (Lipinski definition) is 6. The van der Waals surface area contributed by atoms with Crippen molar-refractivity contribution in [3.8, 4) is 17.6 Å². The Balaban J connectivity index is 2.35. The number of nitro benzene ring substituents is 1. The third-order valence-electron chi connectivity index (χ3n) is 3.57. The van der Waals surface area contributed by atoms with E-state index in [1.165, 1.54) is 44.6 Å². The minimum Gasteiger partial charge on any atom is -0.493 e. The number of nitriles is 1. The van der Waals surface area contributed by atoms with Crippen molar-refractivity contribution in [2.75, 3.05) is 19.5 Å². The molecule has 0 aliphatic heterocycles. The van der Waals surface area contributed by atoms with Crippen LogP contribution in [0.15, 0.2) is 35.9 Å². The Morgan fingerprint density at radius 2 is 1.82 bits per heavy atom. The fourth-order valence-corrected chi connectivity index (χ4v) is 2.61. The van der Waals surface area contributed by atoms with Crippen molar-refractivity contribution in [2.45, 2.75) is 0 Å². The molecule has 0 unspecified atom stereocenters. The van der Waals surface area contributed by atoms with E-state index in [1.54, 1.807) is 6.07 Å². The topological polar surface area (TPSA) is 114 Å². The summed E-state index contributed by atoms with van der Waals surface area (Å²) in [7, 11) is 2.88. The largest absolute Gasteiger partial charge is 0.493 e. The molecule has 2 aromatic rings. The summed E-state index contributed by atoms with van der Waals surface area (Å²) in [5.41, 5.74) is -0.176. The Labute approximate surface area is 170 Å². The number of nitrogens with one attached hydrogen (secondary N) is 1. The Hall–Kier alpha value is -3.28. The molecular formula is C18H13Cl2N3O5. The first kappa shape index (κ1) is 21.0. The van der Waals surface area contributed by atoms with Crippen molar-refractivity contribution in [1.29, 1.82) is 5.26 Å². The van der Waals surface area contributed by atoms with E-state index in [0.717, 1.165) is 6.07 Å². The first-order valence-electron chi connectivity index (χ1n) is 7.59. The lowest BCUT2D eigenvalue weighted by Crippen LogP contribution is -2.13. The van der Waals surface area contributed by atoms with Crippen LogP contribution in [0.4, 0.5) is 11.4 Å². The molecule has 0 heterocycles. The van der Waals surface area contributed by atoms with Crippen LogP contribution in [0.25, 0.3) is 6.08 Å². The zero-order valence-electron chi connectivity index (χ0n) is 14.7. The Kier molecular flexibility index (Phi) is 6.82. The second-order valence-electron chi connectivity index (χ2n) is 5.28. The summed E-state index contributed by atoms with van der Waals surface area (Å²) in [6.07, 6.45) is 1.27. The zero-order chi connectivity index (χ0) is 20.8. The minimum absolute atomic E-state index is 0.0730. The number of rotatable bonds is 6. The van der Waals surface area contributed by atoms with Gasteiger partial charge in [0, 0.05) is 17.8 Å². The van der Waals surface area contributed by atoms with Crippen LogP contribution in [0, 0.1) is 21.4 Å². The number of anilines is 1. The third-order valence-corrected chi connectivity index (χ3v) is 4.22. The number of carbonyl (C=O) groups excluding carboxylic acids is 1. The number of carbonyl (C=O) groups is 1. The predicted molar refractivity (Wildman–Crippen MR) is 105 cm³/mol. The maximum atomic E-state index is 12.4. The molecule has 0 bridgehead atoms. The highest BCUT2D eigenvalue weighted by Gasteiger charge is 2.17. The van der Waals surface area contributed by atoms with Gasteiger partial charge in [-0.3, -0.25) is 14.9 Å². The number of halogens is 2. The highest BCUT2D eigenvalue weighted by molar-refractivity contribution is 6.33. The minimum atomic E-state index is -0.773. The lowest BCUT2D eigenvalue weighted by atomic mass is 10.1. The van der Waals surface area contributed by atoms with Crippen LogP contribution in [0.1, 0.15) is 5.56 Å². The predicted octanol–water partition coefficient (Wildman–Crippen LogP) is 4.46. The molecule has 28 heavy (non-hydrogen) atoms. The summed E-state index contributed by atoms with van der Waals surface area (Å²) in [6.45, 7) is 0. The second kappa shape index (κ2) is 9.08. The lowest BCUT2D eigenvalue weighted by molar-refractivity contribution is -0.384. The molecule has 0 aromatic heterocycles. The van der Waals surface area contributed by atoms with Crippen molar-refractivity contribution in [1.82, 2.24) is 0 Å². The van der Waals surface area contributed by atoms with Crippen LogP contribution in [0.2, 0.25) is 10.0 Å². The van der Waals surface area contributed by atoms with Crippen molar-refractivity contribution < 1.29 is 19.2 Å². The summed E-state index contributed by atoms with van der Waals surface area (Å²) >= 11 is 11.9. The standard InChI is InChI=1S/C18H13Cl2N3O5/c1-27-16-6-10(14(20)8-17(16)28-2)5-11(9-21)18(24)22-12-3-4-13(19)15(7-12)23(25)26/h3-8H,1-2H3,(H,22,24)/b11-5+. The van der Waals surface area contributed by atoms with Crippen LogP contribution >= 0.6 is 23.2 Å². The molecule has 0 spiro atoms. The van der Waals surface area contributed by atoms with Crippen molar-refractivity contribution in [2.24, 2.45) is 0 Å². The first-order chi connectivity index (χ1) is 13.3. The van der Waals surface area contributed by atoms with E-state index < -0.39 is 10.8 Å².